The molecule has 1 N–H and O–H groups in total. The van der Waals surface area contributed by atoms with Crippen LogP contribution in [0.4, 0.5) is 4.39 Å². The number of fused-ring (bicyclic) bond motifs is 2. The third-order valence-electron chi connectivity index (χ3n) is 4.74. The van der Waals surface area contributed by atoms with Gasteiger partial charge in [-0.25, -0.2) is 9.37 Å². The molecule has 2 aromatic carbocycles. The Bertz CT molecular complexity index is 1110. The van der Waals surface area contributed by atoms with E-state index in [0.29, 0.717) is 0 Å². The summed E-state index contributed by atoms with van der Waals surface area (Å²) in [6.45, 7) is 0.940. The average molecular weight is 353 g/mol. The number of nitrogens with zero attached hydrogens (tertiary/aromatic N) is 3. The van der Waals surface area contributed by atoms with E-state index >= 15 is 0 Å². The van der Waals surface area contributed by atoms with Crippen LogP contribution >= 0.6 is 11.6 Å². The fourth-order valence-corrected chi connectivity index (χ4v) is 3.73. The third kappa shape index (κ3) is 2.27. The lowest BCUT2D eigenvalue weighted by Crippen LogP contribution is -1.96. The van der Waals surface area contributed by atoms with Crippen LogP contribution in [0.2, 0.25) is 5.02 Å². The van der Waals surface area contributed by atoms with Crippen molar-refractivity contribution in [1.82, 2.24) is 19.7 Å². The second-order valence-corrected chi connectivity index (χ2v) is 6.69. The summed E-state index contributed by atoms with van der Waals surface area (Å²) in [5.74, 6) is 0.649. The van der Waals surface area contributed by atoms with E-state index < -0.39 is 5.82 Å². The summed E-state index contributed by atoms with van der Waals surface area (Å²) in [7, 11) is 0. The van der Waals surface area contributed by atoms with E-state index in [9.17, 15) is 4.39 Å². The maximum atomic E-state index is 13.6. The molecule has 0 radical (unpaired) electrons. The van der Waals surface area contributed by atoms with Crippen LogP contribution in [0.1, 0.15) is 12.2 Å². The number of halogens is 2. The van der Waals surface area contributed by atoms with Crippen molar-refractivity contribution in [2.45, 2.75) is 19.4 Å². The van der Waals surface area contributed by atoms with Gasteiger partial charge in [0.05, 0.1) is 28.1 Å². The van der Waals surface area contributed by atoms with Gasteiger partial charge in [-0.3, -0.25) is 5.10 Å². The van der Waals surface area contributed by atoms with E-state index in [0.717, 1.165) is 58.6 Å². The highest BCUT2D eigenvalue weighted by atomic mass is 35.5. The van der Waals surface area contributed by atoms with E-state index in [2.05, 4.69) is 26.9 Å². The lowest BCUT2D eigenvalue weighted by molar-refractivity contribution is 0.628. The number of rotatable bonds is 2. The Hall–Kier alpha value is -2.66. The molecule has 2 aromatic heterocycles. The SMILES string of the molecule is Fc1ccc(-c2nc3n(c2-c2ccc4[nH]ncc4c2)CCC3)cc1Cl. The molecule has 124 valence electrons. The maximum Gasteiger partial charge on any atom is 0.141 e. The first-order valence-corrected chi connectivity index (χ1v) is 8.57. The van der Waals surface area contributed by atoms with Crippen LogP contribution in [-0.4, -0.2) is 19.7 Å². The molecular formula is C19H14ClFN4. The van der Waals surface area contributed by atoms with Gasteiger partial charge in [-0.1, -0.05) is 17.7 Å². The number of imidazole rings is 1. The predicted octanol–water partition coefficient (Wildman–Crippen LogP) is 4.83. The fourth-order valence-electron chi connectivity index (χ4n) is 3.55. The topological polar surface area (TPSA) is 46.5 Å². The Morgan fingerprint density at radius 2 is 2.00 bits per heavy atom. The zero-order chi connectivity index (χ0) is 17.0. The average Bonchev–Trinajstić information content (AvgIpc) is 3.31. The fraction of sp³-hybridized carbons (Fsp3) is 0.158. The van der Waals surface area contributed by atoms with Gasteiger partial charge in [0.1, 0.15) is 11.6 Å². The number of H-pyrrole nitrogens is 1. The molecule has 0 atom stereocenters. The quantitative estimate of drug-likeness (QED) is 0.561. The van der Waals surface area contributed by atoms with E-state index in [1.165, 1.54) is 6.07 Å². The zero-order valence-corrected chi connectivity index (χ0v) is 14.0. The van der Waals surface area contributed by atoms with Crippen molar-refractivity contribution in [3.8, 4) is 22.5 Å². The molecule has 4 nitrogen and oxygen atoms in total. The zero-order valence-electron chi connectivity index (χ0n) is 13.3. The molecule has 0 bridgehead atoms. The molecule has 0 fully saturated rings. The van der Waals surface area contributed by atoms with Crippen LogP contribution in [-0.2, 0) is 13.0 Å². The Balaban J connectivity index is 1.76. The van der Waals surface area contributed by atoms with Gasteiger partial charge in [-0.2, -0.15) is 5.10 Å². The lowest BCUT2D eigenvalue weighted by Gasteiger charge is -2.09. The van der Waals surface area contributed by atoms with Gasteiger partial charge < -0.3 is 4.57 Å². The minimum Gasteiger partial charge on any atom is -0.327 e. The summed E-state index contributed by atoms with van der Waals surface area (Å²) in [6, 6.07) is 11.0. The summed E-state index contributed by atoms with van der Waals surface area (Å²) in [5.41, 5.74) is 4.80. The predicted molar refractivity (Wildman–Crippen MR) is 96.0 cm³/mol. The number of aryl methyl sites for hydroxylation is 1. The van der Waals surface area contributed by atoms with Crippen molar-refractivity contribution < 1.29 is 4.39 Å². The molecule has 4 aromatic rings. The van der Waals surface area contributed by atoms with Crippen molar-refractivity contribution in [2.24, 2.45) is 0 Å². The molecule has 5 rings (SSSR count). The number of hydrogen-bond donors (Lipinski definition) is 1. The van der Waals surface area contributed by atoms with Gasteiger partial charge in [0.2, 0.25) is 0 Å². The first-order valence-electron chi connectivity index (χ1n) is 8.19. The van der Waals surface area contributed by atoms with Crippen molar-refractivity contribution >= 4 is 22.5 Å². The Kier molecular flexibility index (Phi) is 3.18. The molecule has 0 saturated carbocycles. The van der Waals surface area contributed by atoms with Gasteiger partial charge in [0.15, 0.2) is 0 Å². The molecule has 6 heteroatoms. The standard InChI is InChI=1S/C19H14ClFN4/c20-14-9-11(3-5-15(14)21)18-19(25-7-1-2-17(25)23-18)12-4-6-16-13(8-12)10-22-24-16/h3-6,8-10H,1-2,7H2,(H,22,24). The first kappa shape index (κ1) is 14.7. The van der Waals surface area contributed by atoms with Gasteiger partial charge in [-0.05, 0) is 36.8 Å². The molecule has 0 spiro atoms. The summed E-state index contributed by atoms with van der Waals surface area (Å²) < 4.78 is 15.8. The summed E-state index contributed by atoms with van der Waals surface area (Å²) in [5, 5.41) is 8.23. The monoisotopic (exact) mass is 352 g/mol. The number of benzene rings is 2. The van der Waals surface area contributed by atoms with E-state index in [1.54, 1.807) is 12.1 Å². The second-order valence-electron chi connectivity index (χ2n) is 6.28. The van der Waals surface area contributed by atoms with Crippen LogP contribution in [0, 0.1) is 5.82 Å². The molecule has 0 aliphatic carbocycles. The Morgan fingerprint density at radius 1 is 1.12 bits per heavy atom. The number of hydrogen-bond acceptors (Lipinski definition) is 2. The smallest absolute Gasteiger partial charge is 0.141 e. The number of aromatic nitrogens is 4. The van der Waals surface area contributed by atoms with E-state index in [1.807, 2.05) is 12.3 Å². The normalized spacial score (nSPS) is 13.5. The van der Waals surface area contributed by atoms with Crippen molar-refractivity contribution in [3.63, 3.8) is 0 Å². The summed E-state index contributed by atoms with van der Waals surface area (Å²) in [4.78, 5) is 4.83. The van der Waals surface area contributed by atoms with Crippen LogP contribution in [0.5, 0.6) is 0 Å². The Labute approximate surface area is 148 Å². The third-order valence-corrected chi connectivity index (χ3v) is 5.03. The number of nitrogens with one attached hydrogen (secondary N) is 1. The summed E-state index contributed by atoms with van der Waals surface area (Å²) in [6.07, 6.45) is 3.86. The highest BCUT2D eigenvalue weighted by Crippen LogP contribution is 2.37. The van der Waals surface area contributed by atoms with Gasteiger partial charge in [0, 0.05) is 29.5 Å². The molecule has 0 saturated heterocycles. The van der Waals surface area contributed by atoms with E-state index in [4.69, 9.17) is 16.6 Å². The molecule has 1 aliphatic rings. The minimum absolute atomic E-state index is 0.113. The van der Waals surface area contributed by atoms with Gasteiger partial charge >= 0.3 is 0 Å². The lowest BCUT2D eigenvalue weighted by atomic mass is 10.0. The maximum absolute atomic E-state index is 13.6. The first-order chi connectivity index (χ1) is 12.2. The molecule has 25 heavy (non-hydrogen) atoms. The molecule has 0 amide bonds. The van der Waals surface area contributed by atoms with Crippen LogP contribution in [0.25, 0.3) is 33.4 Å². The van der Waals surface area contributed by atoms with Crippen molar-refractivity contribution in [2.75, 3.05) is 0 Å². The minimum atomic E-state index is -0.418. The molecule has 0 unspecified atom stereocenters. The number of aromatic amines is 1. The molecular weight excluding hydrogens is 339 g/mol. The van der Waals surface area contributed by atoms with Crippen LogP contribution in [0.15, 0.2) is 42.6 Å². The van der Waals surface area contributed by atoms with Crippen molar-refractivity contribution in [3.05, 3.63) is 59.3 Å². The van der Waals surface area contributed by atoms with E-state index in [-0.39, 0.29) is 5.02 Å². The van der Waals surface area contributed by atoms with Gasteiger partial charge in [0.25, 0.3) is 0 Å². The molecule has 3 heterocycles. The van der Waals surface area contributed by atoms with Crippen LogP contribution in [0.3, 0.4) is 0 Å². The highest BCUT2D eigenvalue weighted by Gasteiger charge is 2.23. The van der Waals surface area contributed by atoms with Crippen LogP contribution < -0.4 is 0 Å². The van der Waals surface area contributed by atoms with Gasteiger partial charge in [-0.15, -0.1) is 0 Å². The largest absolute Gasteiger partial charge is 0.327 e. The highest BCUT2D eigenvalue weighted by molar-refractivity contribution is 6.31. The second kappa shape index (κ2) is 5.43. The summed E-state index contributed by atoms with van der Waals surface area (Å²) >= 11 is 6.00. The Morgan fingerprint density at radius 3 is 2.88 bits per heavy atom. The van der Waals surface area contributed by atoms with Crippen molar-refractivity contribution in [1.29, 1.82) is 0 Å². The molecule has 1 aliphatic heterocycles.